The van der Waals surface area contributed by atoms with E-state index in [1.807, 2.05) is 23.1 Å². The van der Waals surface area contributed by atoms with Crippen LogP contribution in [-0.4, -0.2) is 46.2 Å². The van der Waals surface area contributed by atoms with Gasteiger partial charge in [0.15, 0.2) is 0 Å². The molecule has 3 N–H and O–H groups in total. The van der Waals surface area contributed by atoms with E-state index in [-0.39, 0.29) is 12.1 Å². The lowest BCUT2D eigenvalue weighted by Gasteiger charge is -2.40. The summed E-state index contributed by atoms with van der Waals surface area (Å²) in [6.07, 6.45) is 4.31. The van der Waals surface area contributed by atoms with Crippen molar-refractivity contribution >= 4 is 29.0 Å². The highest BCUT2D eigenvalue weighted by molar-refractivity contribution is 6.33. The van der Waals surface area contributed by atoms with Gasteiger partial charge in [-0.25, -0.2) is 4.79 Å². The van der Waals surface area contributed by atoms with Crippen LogP contribution in [0.3, 0.4) is 0 Å². The Morgan fingerprint density at radius 2 is 1.94 bits per heavy atom. The van der Waals surface area contributed by atoms with Crippen LogP contribution in [0, 0.1) is 0 Å². The van der Waals surface area contributed by atoms with Crippen LogP contribution >= 0.6 is 11.6 Å². The van der Waals surface area contributed by atoms with Crippen molar-refractivity contribution in [1.29, 1.82) is 0 Å². The van der Waals surface area contributed by atoms with E-state index in [9.17, 15) is 10.0 Å². The lowest BCUT2D eigenvalue weighted by molar-refractivity contribution is 0.0989. The molecule has 1 heterocycles. The van der Waals surface area contributed by atoms with Crippen LogP contribution in [0.4, 0.5) is 16.2 Å². The van der Waals surface area contributed by atoms with Gasteiger partial charge in [-0.1, -0.05) is 55.3 Å². The number of carbonyl (C=O) groups excluding carboxylic acids is 1. The van der Waals surface area contributed by atoms with Gasteiger partial charge in [-0.15, -0.1) is 0 Å². The number of halogens is 1. The van der Waals surface area contributed by atoms with Crippen LogP contribution in [0.5, 0.6) is 0 Å². The Hall–Kier alpha value is -2.28. The molecule has 3 rings (SSSR count). The second kappa shape index (κ2) is 11.4. The summed E-state index contributed by atoms with van der Waals surface area (Å²) >= 11 is 6.04. The second-order valence-corrected chi connectivity index (χ2v) is 8.66. The second-order valence-electron chi connectivity index (χ2n) is 8.25. The monoisotopic (exact) mass is 444 g/mol. The van der Waals surface area contributed by atoms with E-state index in [1.54, 1.807) is 18.2 Å². The van der Waals surface area contributed by atoms with Gasteiger partial charge in [0.1, 0.15) is 0 Å². The van der Waals surface area contributed by atoms with Gasteiger partial charge < -0.3 is 15.1 Å². The number of urea groups is 1. The number of amides is 2. The molecule has 1 unspecified atom stereocenters. The fourth-order valence-corrected chi connectivity index (χ4v) is 4.43. The molecule has 0 aromatic heterocycles. The molecule has 168 valence electrons. The van der Waals surface area contributed by atoms with E-state index in [4.69, 9.17) is 11.6 Å². The van der Waals surface area contributed by atoms with Crippen molar-refractivity contribution in [2.45, 2.75) is 58.2 Å². The fraction of sp³-hybridized carbons (Fsp3) is 0.458. The molecule has 1 fully saturated rings. The average molecular weight is 445 g/mol. The van der Waals surface area contributed by atoms with E-state index in [1.165, 1.54) is 12.8 Å². The number of anilines is 2. The van der Waals surface area contributed by atoms with Crippen LogP contribution in [0.25, 0.3) is 0 Å². The summed E-state index contributed by atoms with van der Waals surface area (Å²) in [6, 6.07) is 15.7. The topological polar surface area (TPSA) is 67.8 Å². The Labute approximate surface area is 190 Å². The molecule has 6 nitrogen and oxygen atoms in total. The maximum absolute atomic E-state index is 13.3. The lowest BCUT2D eigenvalue weighted by Crippen LogP contribution is -2.50. The summed E-state index contributed by atoms with van der Waals surface area (Å²) < 4.78 is 0. The third-order valence-corrected chi connectivity index (χ3v) is 6.39. The van der Waals surface area contributed by atoms with Crippen molar-refractivity contribution < 1.29 is 10.0 Å². The SMILES string of the molecule is CCCC(C)N1CCC(N(Cc2ccccc2)C(=O)Nc2ccc(Cl)c(NO)c2)CC1. The summed E-state index contributed by atoms with van der Waals surface area (Å²) in [7, 11) is 0. The van der Waals surface area contributed by atoms with E-state index < -0.39 is 0 Å². The fourth-order valence-electron chi connectivity index (χ4n) is 4.27. The van der Waals surface area contributed by atoms with Crippen molar-refractivity contribution in [2.75, 3.05) is 23.9 Å². The minimum Gasteiger partial charge on any atom is -0.317 e. The number of likely N-dealkylation sites (tertiary alicyclic amines) is 1. The first-order valence-electron chi connectivity index (χ1n) is 11.1. The van der Waals surface area contributed by atoms with Crippen molar-refractivity contribution in [3.63, 3.8) is 0 Å². The van der Waals surface area contributed by atoms with E-state index in [0.717, 1.165) is 31.5 Å². The van der Waals surface area contributed by atoms with Gasteiger partial charge in [-0.2, -0.15) is 0 Å². The average Bonchev–Trinajstić information content (AvgIpc) is 2.79. The van der Waals surface area contributed by atoms with Crippen LogP contribution < -0.4 is 10.8 Å². The van der Waals surface area contributed by atoms with Gasteiger partial charge in [-0.3, -0.25) is 10.7 Å². The van der Waals surface area contributed by atoms with Crippen LogP contribution in [-0.2, 0) is 6.54 Å². The third kappa shape index (κ3) is 6.35. The molecule has 0 saturated carbocycles. The Kier molecular flexibility index (Phi) is 8.58. The van der Waals surface area contributed by atoms with Gasteiger partial charge in [0, 0.05) is 37.4 Å². The van der Waals surface area contributed by atoms with E-state index >= 15 is 0 Å². The molecule has 1 saturated heterocycles. The predicted molar refractivity (Wildman–Crippen MR) is 127 cm³/mol. The summed E-state index contributed by atoms with van der Waals surface area (Å²) in [4.78, 5) is 17.8. The zero-order valence-corrected chi connectivity index (χ0v) is 19.1. The third-order valence-electron chi connectivity index (χ3n) is 6.06. The molecule has 7 heteroatoms. The van der Waals surface area contributed by atoms with Gasteiger partial charge >= 0.3 is 6.03 Å². The van der Waals surface area contributed by atoms with Crippen molar-refractivity contribution in [3.05, 3.63) is 59.1 Å². The van der Waals surface area contributed by atoms with E-state index in [2.05, 4.69) is 41.7 Å². The van der Waals surface area contributed by atoms with Crippen molar-refractivity contribution in [2.24, 2.45) is 0 Å². The highest BCUT2D eigenvalue weighted by Gasteiger charge is 2.29. The molecule has 2 aromatic carbocycles. The molecular formula is C24H33ClN4O2. The van der Waals surface area contributed by atoms with Crippen LogP contribution in [0.1, 0.15) is 45.1 Å². The first-order valence-corrected chi connectivity index (χ1v) is 11.4. The summed E-state index contributed by atoms with van der Waals surface area (Å²) in [5, 5.41) is 12.6. The first kappa shape index (κ1) is 23.4. The number of nitrogens with zero attached hydrogens (tertiary/aromatic N) is 2. The molecule has 0 aliphatic carbocycles. The standard InChI is InChI=1S/C24H33ClN4O2/c1-3-7-18(2)28-14-12-21(13-15-28)29(17-19-8-5-4-6-9-19)24(30)26-20-10-11-22(25)23(16-20)27-31/h4-6,8-11,16,18,21,27,31H,3,7,12-15,17H2,1-2H3,(H,26,30). The molecule has 0 spiro atoms. The molecule has 1 atom stereocenters. The zero-order valence-electron chi connectivity index (χ0n) is 18.4. The number of nitrogens with one attached hydrogen (secondary N) is 2. The molecule has 2 amide bonds. The van der Waals surface area contributed by atoms with Gasteiger partial charge in [-0.05, 0) is 49.9 Å². The molecule has 2 aromatic rings. The molecule has 1 aliphatic rings. The predicted octanol–water partition coefficient (Wildman–Crippen LogP) is 5.83. The minimum atomic E-state index is -0.143. The summed E-state index contributed by atoms with van der Waals surface area (Å²) in [6.45, 7) is 7.09. The Bertz CT molecular complexity index is 841. The Morgan fingerprint density at radius 1 is 1.23 bits per heavy atom. The van der Waals surface area contributed by atoms with Crippen LogP contribution in [0.15, 0.2) is 48.5 Å². The quantitative estimate of drug-likeness (QED) is 0.448. The largest absolute Gasteiger partial charge is 0.322 e. The molecule has 31 heavy (non-hydrogen) atoms. The number of carbonyl (C=O) groups is 1. The lowest BCUT2D eigenvalue weighted by atomic mass is 10.00. The smallest absolute Gasteiger partial charge is 0.317 e. The van der Waals surface area contributed by atoms with Gasteiger partial charge in [0.2, 0.25) is 0 Å². The summed E-state index contributed by atoms with van der Waals surface area (Å²) in [5.41, 5.74) is 4.10. The van der Waals surface area contributed by atoms with E-state index in [0.29, 0.717) is 29.0 Å². The van der Waals surface area contributed by atoms with Crippen LogP contribution in [0.2, 0.25) is 5.02 Å². The number of hydrogen-bond acceptors (Lipinski definition) is 4. The maximum Gasteiger partial charge on any atom is 0.322 e. The summed E-state index contributed by atoms with van der Waals surface area (Å²) in [5.74, 6) is 0. The Morgan fingerprint density at radius 3 is 2.58 bits per heavy atom. The highest BCUT2D eigenvalue weighted by Crippen LogP contribution is 2.27. The first-order chi connectivity index (χ1) is 15.0. The molecule has 0 radical (unpaired) electrons. The highest BCUT2D eigenvalue weighted by atomic mass is 35.5. The molecular weight excluding hydrogens is 412 g/mol. The molecule has 0 bridgehead atoms. The molecule has 1 aliphatic heterocycles. The minimum absolute atomic E-state index is 0.143. The number of hydrogen-bond donors (Lipinski definition) is 3. The number of piperidine rings is 1. The van der Waals surface area contributed by atoms with Gasteiger partial charge in [0.25, 0.3) is 0 Å². The van der Waals surface area contributed by atoms with Crippen molar-refractivity contribution in [1.82, 2.24) is 9.80 Å². The number of benzene rings is 2. The normalized spacial score (nSPS) is 16.0. The number of rotatable bonds is 8. The maximum atomic E-state index is 13.3. The van der Waals surface area contributed by atoms with Gasteiger partial charge in [0.05, 0.1) is 10.7 Å². The van der Waals surface area contributed by atoms with Crippen molar-refractivity contribution in [3.8, 4) is 0 Å². The zero-order chi connectivity index (χ0) is 22.2. The Balaban J connectivity index is 1.73.